The predicted molar refractivity (Wildman–Crippen MR) is 129 cm³/mol. The zero-order valence-corrected chi connectivity index (χ0v) is 20.1. The van der Waals surface area contributed by atoms with E-state index in [4.69, 9.17) is 0 Å². The van der Waals surface area contributed by atoms with Gasteiger partial charge in [0.1, 0.15) is 18.0 Å². The summed E-state index contributed by atoms with van der Waals surface area (Å²) in [6, 6.07) is 14.3. The highest BCUT2D eigenvalue weighted by Crippen LogP contribution is 2.28. The lowest BCUT2D eigenvalue weighted by atomic mass is 9.94. The van der Waals surface area contributed by atoms with Gasteiger partial charge in [-0.1, -0.05) is 56.3 Å². The molecule has 1 saturated heterocycles. The number of halogens is 2. The van der Waals surface area contributed by atoms with Crippen LogP contribution in [0.15, 0.2) is 60.8 Å². The smallest absolute Gasteiger partial charge is 0.243 e. The Morgan fingerprint density at radius 2 is 1.86 bits per heavy atom. The molecule has 3 aromatic rings. The van der Waals surface area contributed by atoms with Gasteiger partial charge in [-0.05, 0) is 34.7 Å². The monoisotopic (exact) mass is 480 g/mol. The van der Waals surface area contributed by atoms with Crippen molar-refractivity contribution in [3.8, 4) is 0 Å². The maximum atomic E-state index is 14.8. The van der Waals surface area contributed by atoms with Crippen LogP contribution in [0.1, 0.15) is 54.6 Å². The maximum Gasteiger partial charge on any atom is 0.243 e. The fraction of sp³-hybridized carbons (Fsp3) is 0.370. The van der Waals surface area contributed by atoms with Gasteiger partial charge in [-0.3, -0.25) is 14.3 Å². The summed E-state index contributed by atoms with van der Waals surface area (Å²) in [5.41, 5.74) is 2.49. The zero-order valence-electron chi connectivity index (χ0n) is 20.1. The third-order valence-corrected chi connectivity index (χ3v) is 6.37. The van der Waals surface area contributed by atoms with Crippen LogP contribution in [0.3, 0.4) is 0 Å². The first-order valence-corrected chi connectivity index (χ1v) is 11.8. The Balaban J connectivity index is 1.58. The summed E-state index contributed by atoms with van der Waals surface area (Å²) in [5, 5.41) is 7.16. The van der Waals surface area contributed by atoms with Crippen molar-refractivity contribution in [1.82, 2.24) is 20.0 Å². The minimum Gasteiger partial charge on any atom is -0.343 e. The lowest BCUT2D eigenvalue weighted by Gasteiger charge is -2.27. The first-order chi connectivity index (χ1) is 16.7. The Morgan fingerprint density at radius 1 is 1.11 bits per heavy atom. The van der Waals surface area contributed by atoms with Crippen LogP contribution in [-0.2, 0) is 23.1 Å². The molecule has 6 nitrogen and oxygen atoms in total. The fourth-order valence-electron chi connectivity index (χ4n) is 4.56. The summed E-state index contributed by atoms with van der Waals surface area (Å²) in [4.78, 5) is 27.6. The second-order valence-electron chi connectivity index (χ2n) is 9.34. The van der Waals surface area contributed by atoms with Crippen LogP contribution in [0.2, 0.25) is 0 Å². The summed E-state index contributed by atoms with van der Waals surface area (Å²) in [7, 11) is 1.75. The van der Waals surface area contributed by atoms with Gasteiger partial charge < -0.3 is 10.2 Å². The van der Waals surface area contributed by atoms with E-state index in [-0.39, 0.29) is 37.0 Å². The number of aryl methyl sites for hydroxylation is 1. The lowest BCUT2D eigenvalue weighted by Crippen LogP contribution is -2.47. The van der Waals surface area contributed by atoms with Crippen molar-refractivity contribution >= 4 is 11.8 Å². The molecule has 3 atom stereocenters. The van der Waals surface area contributed by atoms with Crippen LogP contribution < -0.4 is 5.32 Å². The number of nitrogens with zero attached hydrogens (tertiary/aromatic N) is 3. The lowest BCUT2D eigenvalue weighted by molar-refractivity contribution is -0.138. The molecule has 3 unspecified atom stereocenters. The molecule has 2 amide bonds. The summed E-state index contributed by atoms with van der Waals surface area (Å²) in [6.07, 6.45) is 0.336. The SMILES string of the molecule is CC(C)c1ccc(C(NC(=O)C2CC(F)CN2C(=O)Cc2ccn(C)n2)c2ccccc2)cc1F. The number of rotatable bonds is 7. The van der Waals surface area contributed by atoms with Gasteiger partial charge in [-0.15, -0.1) is 0 Å². The number of alkyl halides is 1. The molecule has 0 bridgehead atoms. The molecule has 184 valence electrons. The van der Waals surface area contributed by atoms with Crippen molar-refractivity contribution in [2.75, 3.05) is 6.54 Å². The topological polar surface area (TPSA) is 67.2 Å². The van der Waals surface area contributed by atoms with Crippen molar-refractivity contribution in [3.63, 3.8) is 0 Å². The van der Waals surface area contributed by atoms with E-state index in [0.717, 1.165) is 5.56 Å². The summed E-state index contributed by atoms with van der Waals surface area (Å²) in [5.74, 6) is -1.15. The molecule has 8 heteroatoms. The minimum atomic E-state index is -1.30. The van der Waals surface area contributed by atoms with Gasteiger partial charge in [-0.2, -0.15) is 5.10 Å². The molecule has 2 heterocycles. The normalized spacial score (nSPS) is 18.6. The number of carbonyl (C=O) groups excluding carboxylic acids is 2. The van der Waals surface area contributed by atoms with E-state index in [1.807, 2.05) is 44.2 Å². The predicted octanol–water partition coefficient (Wildman–Crippen LogP) is 4.07. The van der Waals surface area contributed by atoms with Crippen molar-refractivity contribution in [2.45, 2.75) is 50.9 Å². The van der Waals surface area contributed by atoms with E-state index >= 15 is 0 Å². The molecule has 0 saturated carbocycles. The highest BCUT2D eigenvalue weighted by atomic mass is 19.1. The molecule has 0 radical (unpaired) electrons. The molecular weight excluding hydrogens is 450 g/mol. The van der Waals surface area contributed by atoms with Gasteiger partial charge in [0.25, 0.3) is 0 Å². The Hall–Kier alpha value is -3.55. The third kappa shape index (κ3) is 5.58. The zero-order chi connectivity index (χ0) is 25.1. The van der Waals surface area contributed by atoms with Crippen LogP contribution in [0, 0.1) is 5.82 Å². The Bertz CT molecular complexity index is 1190. The first kappa shape index (κ1) is 24.6. The van der Waals surface area contributed by atoms with E-state index in [0.29, 0.717) is 16.8 Å². The summed E-state index contributed by atoms with van der Waals surface area (Å²) >= 11 is 0. The summed E-state index contributed by atoms with van der Waals surface area (Å²) in [6.45, 7) is 3.69. The van der Waals surface area contributed by atoms with Crippen molar-refractivity contribution in [1.29, 1.82) is 0 Å². The van der Waals surface area contributed by atoms with Gasteiger partial charge in [0.2, 0.25) is 11.8 Å². The molecule has 2 aromatic carbocycles. The van der Waals surface area contributed by atoms with E-state index in [1.54, 1.807) is 36.1 Å². The summed E-state index contributed by atoms with van der Waals surface area (Å²) < 4.78 is 30.8. The Kier molecular flexibility index (Phi) is 7.28. The number of hydrogen-bond donors (Lipinski definition) is 1. The number of carbonyl (C=O) groups is 2. The largest absolute Gasteiger partial charge is 0.343 e. The average molecular weight is 481 g/mol. The van der Waals surface area contributed by atoms with Crippen LogP contribution in [0.25, 0.3) is 0 Å². The molecule has 1 fully saturated rings. The number of benzene rings is 2. The first-order valence-electron chi connectivity index (χ1n) is 11.8. The molecular formula is C27H30F2N4O2. The van der Waals surface area contributed by atoms with Gasteiger partial charge in [0.15, 0.2) is 0 Å². The third-order valence-electron chi connectivity index (χ3n) is 6.37. The molecule has 1 aliphatic heterocycles. The molecule has 0 spiro atoms. The van der Waals surface area contributed by atoms with Gasteiger partial charge in [0, 0.05) is 19.7 Å². The Morgan fingerprint density at radius 3 is 2.49 bits per heavy atom. The van der Waals surface area contributed by atoms with Crippen LogP contribution in [-0.4, -0.2) is 45.3 Å². The quantitative estimate of drug-likeness (QED) is 0.554. The minimum absolute atomic E-state index is 0.0126. The molecule has 0 aliphatic carbocycles. The highest BCUT2D eigenvalue weighted by molar-refractivity contribution is 5.89. The number of likely N-dealkylation sites (tertiary alicyclic amines) is 1. The van der Waals surface area contributed by atoms with Gasteiger partial charge in [0.05, 0.1) is 24.7 Å². The average Bonchev–Trinajstić information content (AvgIpc) is 3.42. The highest BCUT2D eigenvalue weighted by Gasteiger charge is 2.40. The van der Waals surface area contributed by atoms with Crippen LogP contribution in [0.4, 0.5) is 8.78 Å². The second kappa shape index (κ2) is 10.4. The van der Waals surface area contributed by atoms with Crippen LogP contribution >= 0.6 is 0 Å². The van der Waals surface area contributed by atoms with Crippen molar-refractivity contribution in [3.05, 3.63) is 89.0 Å². The maximum absolute atomic E-state index is 14.8. The fourth-order valence-corrected chi connectivity index (χ4v) is 4.56. The van der Waals surface area contributed by atoms with E-state index in [2.05, 4.69) is 10.4 Å². The molecule has 1 N–H and O–H groups in total. The van der Waals surface area contributed by atoms with Crippen LogP contribution in [0.5, 0.6) is 0 Å². The van der Waals surface area contributed by atoms with Crippen molar-refractivity contribution < 1.29 is 18.4 Å². The second-order valence-corrected chi connectivity index (χ2v) is 9.34. The van der Waals surface area contributed by atoms with E-state index < -0.39 is 24.2 Å². The molecule has 1 aliphatic rings. The van der Waals surface area contributed by atoms with Gasteiger partial charge >= 0.3 is 0 Å². The molecule has 35 heavy (non-hydrogen) atoms. The number of hydrogen-bond acceptors (Lipinski definition) is 3. The molecule has 4 rings (SSSR count). The molecule has 1 aromatic heterocycles. The number of amides is 2. The van der Waals surface area contributed by atoms with E-state index in [9.17, 15) is 18.4 Å². The Labute approximate surface area is 203 Å². The van der Waals surface area contributed by atoms with E-state index in [1.165, 1.54) is 11.0 Å². The number of nitrogens with one attached hydrogen (secondary N) is 1. The van der Waals surface area contributed by atoms with Gasteiger partial charge in [-0.25, -0.2) is 8.78 Å². The van der Waals surface area contributed by atoms with Crippen molar-refractivity contribution in [2.24, 2.45) is 7.05 Å². The number of aromatic nitrogens is 2. The standard InChI is InChI=1S/C27H30F2N4O2/c1-17(2)22-10-9-19(13-23(22)29)26(18-7-5-4-6-8-18)30-27(35)24-14-20(28)16-33(24)25(34)15-21-11-12-32(3)31-21/h4-13,17,20,24,26H,14-16H2,1-3H3,(H,30,35).